The summed E-state index contributed by atoms with van der Waals surface area (Å²) in [5.74, 6) is 0.901. The van der Waals surface area contributed by atoms with E-state index < -0.39 is 10.0 Å². The van der Waals surface area contributed by atoms with Gasteiger partial charge in [0.15, 0.2) is 0 Å². The highest BCUT2D eigenvalue weighted by Gasteiger charge is 2.31. The number of hydrogen-bond donors (Lipinski definition) is 0. The third kappa shape index (κ3) is 6.26. The molecule has 8 heteroatoms. The molecular formula is C21H32N4O3S. The molecular weight excluding hydrogens is 388 g/mol. The van der Waals surface area contributed by atoms with E-state index in [0.717, 1.165) is 13.1 Å². The van der Waals surface area contributed by atoms with E-state index in [2.05, 4.69) is 27.7 Å². The standard InChI is InChI=1S/C21H32N4O3S/c1-17(2)14-24(15-18(3)4)21(26)16-23-9-11-25(12-10-23)29(27,28)20-8-6-5-7-19(20)13-22/h5-8,17-18H,9-12,14-16H2,1-4H3. The molecule has 1 fully saturated rings. The molecule has 160 valence electrons. The van der Waals surface area contributed by atoms with Gasteiger partial charge in [0.25, 0.3) is 0 Å². The van der Waals surface area contributed by atoms with Crippen LogP contribution < -0.4 is 0 Å². The molecule has 0 aliphatic carbocycles. The minimum absolute atomic E-state index is 0.0482. The lowest BCUT2D eigenvalue weighted by atomic mass is 10.1. The van der Waals surface area contributed by atoms with Crippen LogP contribution >= 0.6 is 0 Å². The average molecular weight is 421 g/mol. The number of carbonyl (C=O) groups excluding carboxylic acids is 1. The van der Waals surface area contributed by atoms with E-state index >= 15 is 0 Å². The molecule has 0 unspecified atom stereocenters. The molecule has 1 saturated heterocycles. The molecule has 0 bridgehead atoms. The first-order valence-electron chi connectivity index (χ1n) is 10.1. The van der Waals surface area contributed by atoms with Crippen molar-refractivity contribution >= 4 is 15.9 Å². The van der Waals surface area contributed by atoms with Crippen LogP contribution in [0.2, 0.25) is 0 Å². The van der Waals surface area contributed by atoms with Gasteiger partial charge in [-0.25, -0.2) is 8.42 Å². The van der Waals surface area contributed by atoms with Crippen molar-refractivity contribution < 1.29 is 13.2 Å². The van der Waals surface area contributed by atoms with Gasteiger partial charge >= 0.3 is 0 Å². The summed E-state index contributed by atoms with van der Waals surface area (Å²) in [6.07, 6.45) is 0. The quantitative estimate of drug-likeness (QED) is 0.642. The van der Waals surface area contributed by atoms with Gasteiger partial charge in [0, 0.05) is 39.3 Å². The zero-order chi connectivity index (χ0) is 21.6. The molecule has 29 heavy (non-hydrogen) atoms. The molecule has 7 nitrogen and oxygen atoms in total. The van der Waals surface area contributed by atoms with Gasteiger partial charge < -0.3 is 4.90 Å². The van der Waals surface area contributed by atoms with E-state index in [9.17, 15) is 18.5 Å². The molecule has 1 aliphatic rings. The lowest BCUT2D eigenvalue weighted by Crippen LogP contribution is -2.52. The second kappa shape index (κ2) is 10.2. The summed E-state index contributed by atoms with van der Waals surface area (Å²) in [7, 11) is -3.72. The minimum Gasteiger partial charge on any atom is -0.341 e. The van der Waals surface area contributed by atoms with Gasteiger partial charge in [-0.1, -0.05) is 39.8 Å². The Labute approximate surface area is 174 Å². The molecule has 1 aromatic rings. The molecule has 0 radical (unpaired) electrons. The summed E-state index contributed by atoms with van der Waals surface area (Å²) in [6, 6.07) is 8.22. The molecule has 0 spiro atoms. The molecule has 0 atom stereocenters. The molecule has 0 saturated carbocycles. The van der Waals surface area contributed by atoms with Crippen molar-refractivity contribution in [3.63, 3.8) is 0 Å². The van der Waals surface area contributed by atoms with E-state index in [4.69, 9.17) is 0 Å². The Morgan fingerprint density at radius 3 is 2.14 bits per heavy atom. The average Bonchev–Trinajstić information content (AvgIpc) is 2.67. The van der Waals surface area contributed by atoms with Crippen LogP contribution in [-0.4, -0.2) is 74.2 Å². The fourth-order valence-electron chi connectivity index (χ4n) is 3.50. The molecule has 2 rings (SSSR count). The van der Waals surface area contributed by atoms with Gasteiger partial charge in [-0.15, -0.1) is 0 Å². The fraction of sp³-hybridized carbons (Fsp3) is 0.619. The first-order chi connectivity index (χ1) is 13.6. The summed E-state index contributed by atoms with van der Waals surface area (Å²) in [5.41, 5.74) is 0.156. The maximum Gasteiger partial charge on any atom is 0.244 e. The first kappa shape index (κ1) is 23.3. The van der Waals surface area contributed by atoms with Crippen LogP contribution in [0.25, 0.3) is 0 Å². The van der Waals surface area contributed by atoms with Crippen molar-refractivity contribution in [2.24, 2.45) is 11.8 Å². The lowest BCUT2D eigenvalue weighted by molar-refractivity contribution is -0.133. The number of hydrogen-bond acceptors (Lipinski definition) is 5. The van der Waals surface area contributed by atoms with Gasteiger partial charge in [-0.05, 0) is 24.0 Å². The minimum atomic E-state index is -3.72. The van der Waals surface area contributed by atoms with Crippen molar-refractivity contribution in [3.8, 4) is 6.07 Å². The monoisotopic (exact) mass is 420 g/mol. The van der Waals surface area contributed by atoms with Crippen LogP contribution in [0.1, 0.15) is 33.3 Å². The van der Waals surface area contributed by atoms with Crippen LogP contribution in [0, 0.1) is 23.2 Å². The molecule has 1 aromatic carbocycles. The number of benzene rings is 1. The highest BCUT2D eigenvalue weighted by atomic mass is 32.2. The number of sulfonamides is 1. The maximum atomic E-state index is 12.9. The highest BCUT2D eigenvalue weighted by Crippen LogP contribution is 2.21. The summed E-state index contributed by atoms with van der Waals surface area (Å²) in [6.45, 7) is 11.8. The Morgan fingerprint density at radius 2 is 1.62 bits per heavy atom. The third-order valence-corrected chi connectivity index (χ3v) is 6.80. The number of nitrogens with zero attached hydrogens (tertiary/aromatic N) is 4. The van der Waals surface area contributed by atoms with E-state index in [1.807, 2.05) is 15.9 Å². The Bertz CT molecular complexity index is 828. The second-order valence-corrected chi connectivity index (χ2v) is 10.3. The normalized spacial score (nSPS) is 16.2. The molecule has 1 heterocycles. The Hall–Kier alpha value is -1.95. The van der Waals surface area contributed by atoms with Crippen molar-refractivity contribution in [3.05, 3.63) is 29.8 Å². The van der Waals surface area contributed by atoms with Crippen LogP contribution in [0.15, 0.2) is 29.2 Å². The van der Waals surface area contributed by atoms with Gasteiger partial charge in [0.1, 0.15) is 6.07 Å². The zero-order valence-corrected chi connectivity index (χ0v) is 18.7. The van der Waals surface area contributed by atoms with E-state index in [-0.39, 0.29) is 16.4 Å². The maximum absolute atomic E-state index is 12.9. The summed E-state index contributed by atoms with van der Waals surface area (Å²) in [4.78, 5) is 16.8. The highest BCUT2D eigenvalue weighted by molar-refractivity contribution is 7.89. The topological polar surface area (TPSA) is 84.7 Å². The van der Waals surface area contributed by atoms with Crippen molar-refractivity contribution in [2.75, 3.05) is 45.8 Å². The van der Waals surface area contributed by atoms with E-state index in [0.29, 0.717) is 44.6 Å². The van der Waals surface area contributed by atoms with Gasteiger partial charge in [-0.3, -0.25) is 9.69 Å². The first-order valence-corrected chi connectivity index (χ1v) is 11.6. The largest absolute Gasteiger partial charge is 0.341 e. The SMILES string of the molecule is CC(C)CN(CC(C)C)C(=O)CN1CCN(S(=O)(=O)c2ccccc2C#N)CC1. The van der Waals surface area contributed by atoms with E-state index in [1.165, 1.54) is 16.4 Å². The lowest BCUT2D eigenvalue weighted by Gasteiger charge is -2.35. The summed E-state index contributed by atoms with van der Waals surface area (Å²) < 4.78 is 27.3. The van der Waals surface area contributed by atoms with Crippen LogP contribution in [0.5, 0.6) is 0 Å². The van der Waals surface area contributed by atoms with Crippen molar-refractivity contribution in [1.29, 1.82) is 5.26 Å². The zero-order valence-electron chi connectivity index (χ0n) is 17.8. The fourth-order valence-corrected chi connectivity index (χ4v) is 5.07. The molecule has 1 amide bonds. The number of carbonyl (C=O) groups is 1. The molecule has 1 aliphatic heterocycles. The predicted octanol–water partition coefficient (Wildman–Crippen LogP) is 2.01. The number of amides is 1. The number of piperazine rings is 1. The Kier molecular flexibility index (Phi) is 8.20. The van der Waals surface area contributed by atoms with E-state index in [1.54, 1.807) is 12.1 Å². The van der Waals surface area contributed by atoms with Gasteiger partial charge in [-0.2, -0.15) is 9.57 Å². The molecule has 0 aromatic heterocycles. The van der Waals surface area contributed by atoms with Crippen LogP contribution in [0.4, 0.5) is 0 Å². The van der Waals surface area contributed by atoms with Crippen molar-refractivity contribution in [1.82, 2.24) is 14.1 Å². The van der Waals surface area contributed by atoms with Crippen LogP contribution in [0.3, 0.4) is 0 Å². The summed E-state index contributed by atoms with van der Waals surface area (Å²) in [5, 5.41) is 9.21. The Morgan fingerprint density at radius 1 is 1.07 bits per heavy atom. The van der Waals surface area contributed by atoms with Crippen LogP contribution in [-0.2, 0) is 14.8 Å². The van der Waals surface area contributed by atoms with Gasteiger partial charge in [0.05, 0.1) is 17.0 Å². The number of rotatable bonds is 8. The van der Waals surface area contributed by atoms with Crippen molar-refractivity contribution in [2.45, 2.75) is 32.6 Å². The Balaban J connectivity index is 1.99. The summed E-state index contributed by atoms with van der Waals surface area (Å²) >= 11 is 0. The predicted molar refractivity (Wildman–Crippen MR) is 113 cm³/mol. The second-order valence-electron chi connectivity index (χ2n) is 8.37. The third-order valence-electron chi connectivity index (χ3n) is 4.84. The van der Waals surface area contributed by atoms with Gasteiger partial charge in [0.2, 0.25) is 15.9 Å². The molecule has 0 N–H and O–H groups in total. The number of nitriles is 1. The smallest absolute Gasteiger partial charge is 0.244 e.